The fourth-order valence-electron chi connectivity index (χ4n) is 2.42. The molecule has 23 heavy (non-hydrogen) atoms. The van der Waals surface area contributed by atoms with Crippen LogP contribution in [0.25, 0.3) is 11.0 Å². The number of nitrogens with one attached hydrogen (secondary N) is 1. The van der Waals surface area contributed by atoms with Gasteiger partial charge in [0, 0.05) is 12.0 Å². The van der Waals surface area contributed by atoms with Crippen molar-refractivity contribution in [2.24, 2.45) is 0 Å². The Labute approximate surface area is 138 Å². The summed E-state index contributed by atoms with van der Waals surface area (Å²) in [6.45, 7) is 4.67. The highest BCUT2D eigenvalue weighted by Crippen LogP contribution is 2.40. The van der Waals surface area contributed by atoms with Crippen molar-refractivity contribution < 1.29 is 9.26 Å². The number of nitrogens with zero attached hydrogens (tertiary/aromatic N) is 3. The molecule has 0 unspecified atom stereocenters. The second-order valence-electron chi connectivity index (χ2n) is 5.68. The summed E-state index contributed by atoms with van der Waals surface area (Å²) in [5.74, 6) is 2.86. The molecule has 1 fully saturated rings. The number of hydrogen-bond acceptors (Lipinski definition) is 6. The molecule has 1 atom stereocenters. The molecule has 0 aliphatic heterocycles. The predicted molar refractivity (Wildman–Crippen MR) is 87.8 cm³/mol. The van der Waals surface area contributed by atoms with E-state index >= 15 is 0 Å². The second-order valence-corrected chi connectivity index (χ2v) is 7.01. The number of hydrogen-bond donors (Lipinski definition) is 1. The first-order valence-electron chi connectivity index (χ1n) is 7.85. The third-order valence-electron chi connectivity index (χ3n) is 3.78. The lowest BCUT2D eigenvalue weighted by molar-refractivity contribution is 0.340. The largest absolute Gasteiger partial charge is 0.494 e. The Hall–Kier alpha value is -2.02. The van der Waals surface area contributed by atoms with Crippen LogP contribution in [-0.4, -0.2) is 26.7 Å². The van der Waals surface area contributed by atoms with Gasteiger partial charge in [0.25, 0.3) is 0 Å². The van der Waals surface area contributed by atoms with E-state index < -0.39 is 0 Å². The number of fused-ring (bicyclic) bond motifs is 1. The lowest BCUT2D eigenvalue weighted by atomic mass is 10.3. The highest BCUT2D eigenvalue weighted by molar-refractivity contribution is 7.99. The van der Waals surface area contributed by atoms with Gasteiger partial charge in [-0.05, 0) is 38.8 Å². The van der Waals surface area contributed by atoms with Gasteiger partial charge in [-0.25, -0.2) is 4.98 Å². The maximum absolute atomic E-state index is 5.52. The lowest BCUT2D eigenvalue weighted by Gasteiger charge is -2.02. The molecule has 2 heterocycles. The Bertz CT molecular complexity index is 824. The number of imidazole rings is 1. The molecule has 3 aromatic rings. The SMILES string of the molecule is CCOc1ccc2nc(S[C@@H](C)c3nc(C4CC4)no3)[nH]c2c1. The third-order valence-corrected chi connectivity index (χ3v) is 4.75. The van der Waals surface area contributed by atoms with Crippen molar-refractivity contribution in [3.63, 3.8) is 0 Å². The van der Waals surface area contributed by atoms with Crippen molar-refractivity contribution in [2.45, 2.75) is 43.0 Å². The Kier molecular flexibility index (Phi) is 3.72. The van der Waals surface area contributed by atoms with Crippen LogP contribution in [0.1, 0.15) is 49.6 Å². The molecule has 1 aliphatic rings. The summed E-state index contributed by atoms with van der Waals surface area (Å²) in [5.41, 5.74) is 1.89. The molecular formula is C16H18N4O2S. The highest BCUT2D eigenvalue weighted by atomic mass is 32.2. The molecule has 6 nitrogen and oxygen atoms in total. The minimum atomic E-state index is 0.0573. The number of aromatic amines is 1. The van der Waals surface area contributed by atoms with Crippen molar-refractivity contribution in [1.29, 1.82) is 0 Å². The maximum atomic E-state index is 5.52. The van der Waals surface area contributed by atoms with E-state index in [4.69, 9.17) is 9.26 Å². The van der Waals surface area contributed by atoms with Gasteiger partial charge in [-0.3, -0.25) is 0 Å². The van der Waals surface area contributed by atoms with E-state index in [0.29, 0.717) is 18.4 Å². The Morgan fingerprint density at radius 2 is 2.26 bits per heavy atom. The molecule has 1 saturated carbocycles. The molecule has 0 spiro atoms. The van der Waals surface area contributed by atoms with Gasteiger partial charge in [0.1, 0.15) is 5.75 Å². The van der Waals surface area contributed by atoms with Crippen LogP contribution >= 0.6 is 11.8 Å². The summed E-state index contributed by atoms with van der Waals surface area (Å²) in [7, 11) is 0. The molecule has 1 aromatic carbocycles. The summed E-state index contributed by atoms with van der Waals surface area (Å²) >= 11 is 1.58. The average Bonchev–Trinajstić information content (AvgIpc) is 3.12. The quantitative estimate of drug-likeness (QED) is 0.686. The van der Waals surface area contributed by atoms with E-state index in [-0.39, 0.29) is 5.25 Å². The maximum Gasteiger partial charge on any atom is 0.239 e. The standard InChI is InChI=1S/C16H18N4O2S/c1-3-21-11-6-7-12-13(8-11)18-16(17-12)23-9(2)15-19-14(20-22-15)10-4-5-10/h6-10H,3-5H2,1-2H3,(H,17,18)/t9-/m0/s1. The molecule has 0 amide bonds. The first kappa shape index (κ1) is 14.6. The normalized spacial score (nSPS) is 15.9. The van der Waals surface area contributed by atoms with Crippen LogP contribution in [-0.2, 0) is 0 Å². The van der Waals surface area contributed by atoms with Crippen LogP contribution in [0.3, 0.4) is 0 Å². The molecule has 2 aromatic heterocycles. The molecule has 1 aliphatic carbocycles. The second kappa shape index (κ2) is 5.88. The van der Waals surface area contributed by atoms with Crippen LogP contribution < -0.4 is 4.74 Å². The zero-order valence-electron chi connectivity index (χ0n) is 13.1. The smallest absolute Gasteiger partial charge is 0.239 e. The first-order chi connectivity index (χ1) is 11.2. The topological polar surface area (TPSA) is 76.8 Å². The fourth-order valence-corrected chi connectivity index (χ4v) is 3.27. The zero-order valence-corrected chi connectivity index (χ0v) is 13.9. The van der Waals surface area contributed by atoms with Gasteiger partial charge in [0.15, 0.2) is 11.0 Å². The van der Waals surface area contributed by atoms with Crippen molar-refractivity contribution in [2.75, 3.05) is 6.61 Å². The number of H-pyrrole nitrogens is 1. The molecule has 0 radical (unpaired) electrons. The monoisotopic (exact) mass is 330 g/mol. The molecule has 0 bridgehead atoms. The van der Waals surface area contributed by atoms with Crippen LogP contribution in [0.4, 0.5) is 0 Å². The fraction of sp³-hybridized carbons (Fsp3) is 0.438. The number of thioether (sulfide) groups is 1. The van der Waals surface area contributed by atoms with E-state index in [2.05, 4.69) is 20.1 Å². The van der Waals surface area contributed by atoms with Crippen molar-refractivity contribution >= 4 is 22.8 Å². The molecule has 120 valence electrons. The summed E-state index contributed by atoms with van der Waals surface area (Å²) in [6.07, 6.45) is 2.35. The van der Waals surface area contributed by atoms with Gasteiger partial charge >= 0.3 is 0 Å². The van der Waals surface area contributed by atoms with E-state index in [1.165, 1.54) is 12.8 Å². The molecular weight excluding hydrogens is 312 g/mol. The van der Waals surface area contributed by atoms with E-state index in [0.717, 1.165) is 27.8 Å². The summed E-state index contributed by atoms with van der Waals surface area (Å²) in [6, 6.07) is 5.87. The van der Waals surface area contributed by atoms with Gasteiger partial charge in [0.05, 0.1) is 22.9 Å². The minimum Gasteiger partial charge on any atom is -0.494 e. The van der Waals surface area contributed by atoms with Gasteiger partial charge in [-0.2, -0.15) is 4.98 Å². The Morgan fingerprint density at radius 1 is 1.39 bits per heavy atom. The highest BCUT2D eigenvalue weighted by Gasteiger charge is 2.29. The number of ether oxygens (including phenoxy) is 1. The Morgan fingerprint density at radius 3 is 3.04 bits per heavy atom. The number of aromatic nitrogens is 4. The van der Waals surface area contributed by atoms with Gasteiger partial charge < -0.3 is 14.2 Å². The van der Waals surface area contributed by atoms with Crippen LogP contribution in [0.15, 0.2) is 27.9 Å². The van der Waals surface area contributed by atoms with Gasteiger partial charge in [0.2, 0.25) is 5.89 Å². The number of rotatable bonds is 6. The molecule has 4 rings (SSSR count). The minimum absolute atomic E-state index is 0.0573. The van der Waals surface area contributed by atoms with Gasteiger partial charge in [-0.1, -0.05) is 16.9 Å². The summed E-state index contributed by atoms with van der Waals surface area (Å²) in [4.78, 5) is 12.4. The lowest BCUT2D eigenvalue weighted by Crippen LogP contribution is -1.90. The molecule has 0 saturated heterocycles. The van der Waals surface area contributed by atoms with Crippen LogP contribution in [0, 0.1) is 0 Å². The first-order valence-corrected chi connectivity index (χ1v) is 8.73. The summed E-state index contributed by atoms with van der Waals surface area (Å²) < 4.78 is 10.9. The Balaban J connectivity index is 1.51. The van der Waals surface area contributed by atoms with E-state index in [1.807, 2.05) is 32.0 Å². The molecule has 7 heteroatoms. The van der Waals surface area contributed by atoms with Crippen LogP contribution in [0.2, 0.25) is 0 Å². The van der Waals surface area contributed by atoms with E-state index in [9.17, 15) is 0 Å². The predicted octanol–water partition coefficient (Wildman–Crippen LogP) is 4.08. The van der Waals surface area contributed by atoms with Crippen molar-refractivity contribution in [1.82, 2.24) is 20.1 Å². The van der Waals surface area contributed by atoms with Crippen molar-refractivity contribution in [3.05, 3.63) is 29.9 Å². The van der Waals surface area contributed by atoms with E-state index in [1.54, 1.807) is 11.8 Å². The summed E-state index contributed by atoms with van der Waals surface area (Å²) in [5, 5.41) is 4.97. The average molecular weight is 330 g/mol. The van der Waals surface area contributed by atoms with Gasteiger partial charge in [-0.15, -0.1) is 0 Å². The van der Waals surface area contributed by atoms with Crippen molar-refractivity contribution in [3.8, 4) is 5.75 Å². The third kappa shape index (κ3) is 3.06. The zero-order chi connectivity index (χ0) is 15.8. The number of benzene rings is 1. The van der Waals surface area contributed by atoms with Crippen LogP contribution in [0.5, 0.6) is 5.75 Å². The molecule has 1 N–H and O–H groups in total.